The molecule has 1 amide bonds. The second kappa shape index (κ2) is 6.83. The molecule has 6 nitrogen and oxygen atoms in total. The van der Waals surface area contributed by atoms with E-state index in [1.807, 2.05) is 0 Å². The zero-order chi connectivity index (χ0) is 14.5. The molecule has 0 aromatic carbocycles. The fourth-order valence-corrected chi connectivity index (χ4v) is 2.93. The second-order valence-electron chi connectivity index (χ2n) is 4.82. The smallest absolute Gasteiger partial charge is 0.350 e. The molecule has 1 aliphatic rings. The van der Waals surface area contributed by atoms with Crippen LogP contribution in [0.4, 0.5) is 5.69 Å². The van der Waals surface area contributed by atoms with E-state index in [0.717, 1.165) is 25.9 Å². The number of thiophene rings is 1. The van der Waals surface area contributed by atoms with E-state index in [1.54, 1.807) is 11.4 Å². The van der Waals surface area contributed by atoms with Crippen LogP contribution in [-0.4, -0.2) is 49.6 Å². The van der Waals surface area contributed by atoms with Gasteiger partial charge in [0.2, 0.25) is 5.91 Å². The first-order valence-corrected chi connectivity index (χ1v) is 7.41. The molecule has 7 heteroatoms. The van der Waals surface area contributed by atoms with E-state index >= 15 is 0 Å². The van der Waals surface area contributed by atoms with Crippen molar-refractivity contribution in [1.29, 1.82) is 0 Å². The van der Waals surface area contributed by atoms with Gasteiger partial charge in [0.05, 0.1) is 19.3 Å². The van der Waals surface area contributed by atoms with Gasteiger partial charge in [0, 0.05) is 19.1 Å². The summed E-state index contributed by atoms with van der Waals surface area (Å²) in [6.07, 6.45) is 1.83. The maximum absolute atomic E-state index is 12.0. The number of rotatable bonds is 4. The molecule has 0 saturated carbocycles. The van der Waals surface area contributed by atoms with Gasteiger partial charge in [-0.1, -0.05) is 0 Å². The van der Waals surface area contributed by atoms with Gasteiger partial charge in [-0.3, -0.25) is 9.69 Å². The van der Waals surface area contributed by atoms with Crippen LogP contribution in [0, 0.1) is 0 Å². The first-order valence-electron chi connectivity index (χ1n) is 6.53. The topological polar surface area (TPSA) is 84.7 Å². The summed E-state index contributed by atoms with van der Waals surface area (Å²) < 4.78 is 4.67. The number of esters is 1. The highest BCUT2D eigenvalue weighted by molar-refractivity contribution is 7.12. The van der Waals surface area contributed by atoms with E-state index in [1.165, 1.54) is 18.4 Å². The molecule has 1 aromatic heterocycles. The molecule has 0 radical (unpaired) electrons. The van der Waals surface area contributed by atoms with Crippen molar-refractivity contribution in [3.8, 4) is 0 Å². The van der Waals surface area contributed by atoms with E-state index in [2.05, 4.69) is 15.0 Å². The number of piperidine rings is 1. The van der Waals surface area contributed by atoms with Crippen LogP contribution in [-0.2, 0) is 9.53 Å². The molecule has 110 valence electrons. The fourth-order valence-electron chi connectivity index (χ4n) is 2.16. The lowest BCUT2D eigenvalue weighted by Gasteiger charge is -2.29. The van der Waals surface area contributed by atoms with Crippen molar-refractivity contribution in [1.82, 2.24) is 4.90 Å². The van der Waals surface area contributed by atoms with Gasteiger partial charge in [0.15, 0.2) is 0 Å². The maximum Gasteiger partial charge on any atom is 0.350 e. The lowest BCUT2D eigenvalue weighted by molar-refractivity contribution is -0.117. The van der Waals surface area contributed by atoms with E-state index in [9.17, 15) is 9.59 Å². The van der Waals surface area contributed by atoms with E-state index < -0.39 is 5.97 Å². The monoisotopic (exact) mass is 297 g/mol. The Labute approximate surface area is 121 Å². The predicted molar refractivity (Wildman–Crippen MR) is 77.9 cm³/mol. The molecular weight excluding hydrogens is 278 g/mol. The number of nitrogens with zero attached hydrogens (tertiary/aromatic N) is 1. The van der Waals surface area contributed by atoms with Gasteiger partial charge >= 0.3 is 5.97 Å². The lowest BCUT2D eigenvalue weighted by atomic mass is 10.1. The van der Waals surface area contributed by atoms with Crippen molar-refractivity contribution in [2.24, 2.45) is 5.73 Å². The Morgan fingerprint density at radius 1 is 1.50 bits per heavy atom. The minimum absolute atomic E-state index is 0.121. The molecule has 1 aliphatic heterocycles. The third-order valence-corrected chi connectivity index (χ3v) is 4.20. The summed E-state index contributed by atoms with van der Waals surface area (Å²) in [4.78, 5) is 26.0. The standard InChI is InChI=1S/C13H19N3O3S/c1-19-13(18)12-10(4-7-20-12)15-11(17)8-16-5-2-9(14)3-6-16/h4,7,9H,2-3,5-6,8,14H2,1H3,(H,15,17). The third-order valence-electron chi connectivity index (χ3n) is 3.31. The van der Waals surface area contributed by atoms with Crippen LogP contribution in [0.3, 0.4) is 0 Å². The van der Waals surface area contributed by atoms with Gasteiger partial charge in [-0.05, 0) is 24.3 Å². The molecular formula is C13H19N3O3S. The van der Waals surface area contributed by atoms with Crippen LogP contribution in [0.25, 0.3) is 0 Å². The van der Waals surface area contributed by atoms with Crippen molar-refractivity contribution in [3.63, 3.8) is 0 Å². The third kappa shape index (κ3) is 3.78. The largest absolute Gasteiger partial charge is 0.465 e. The van der Waals surface area contributed by atoms with Crippen molar-refractivity contribution in [3.05, 3.63) is 16.3 Å². The predicted octanol–water partition coefficient (Wildman–Crippen LogP) is 0.896. The number of carbonyl (C=O) groups excluding carboxylic acids is 2. The van der Waals surface area contributed by atoms with Gasteiger partial charge in [-0.15, -0.1) is 11.3 Å². The number of carbonyl (C=O) groups is 2. The van der Waals surface area contributed by atoms with Gasteiger partial charge < -0.3 is 15.8 Å². The number of hydrogen-bond donors (Lipinski definition) is 2. The van der Waals surface area contributed by atoms with Crippen LogP contribution in [0.1, 0.15) is 22.5 Å². The first-order chi connectivity index (χ1) is 9.60. The molecule has 0 spiro atoms. The summed E-state index contributed by atoms with van der Waals surface area (Å²) in [6, 6.07) is 1.96. The molecule has 1 fully saturated rings. The van der Waals surface area contributed by atoms with Crippen LogP contribution in [0.5, 0.6) is 0 Å². The lowest BCUT2D eigenvalue weighted by Crippen LogP contribution is -2.43. The zero-order valence-electron chi connectivity index (χ0n) is 11.4. The molecule has 0 atom stereocenters. The molecule has 2 rings (SSSR count). The average Bonchev–Trinajstić information content (AvgIpc) is 2.88. The molecule has 0 aliphatic carbocycles. The van der Waals surface area contributed by atoms with Crippen molar-refractivity contribution in [2.45, 2.75) is 18.9 Å². The zero-order valence-corrected chi connectivity index (χ0v) is 12.2. The van der Waals surface area contributed by atoms with E-state index in [0.29, 0.717) is 17.1 Å². The van der Waals surface area contributed by atoms with Gasteiger partial charge in [0.1, 0.15) is 4.88 Å². The van der Waals surface area contributed by atoms with Crippen molar-refractivity contribution >= 4 is 28.9 Å². The Bertz CT molecular complexity index is 481. The molecule has 2 heterocycles. The van der Waals surface area contributed by atoms with Gasteiger partial charge in [-0.2, -0.15) is 0 Å². The summed E-state index contributed by atoms with van der Waals surface area (Å²) in [5.41, 5.74) is 6.34. The summed E-state index contributed by atoms with van der Waals surface area (Å²) in [5.74, 6) is -0.553. The van der Waals surface area contributed by atoms with Gasteiger partial charge in [-0.25, -0.2) is 4.79 Å². The Morgan fingerprint density at radius 3 is 2.85 bits per heavy atom. The number of hydrogen-bond acceptors (Lipinski definition) is 6. The number of likely N-dealkylation sites (tertiary alicyclic amines) is 1. The SMILES string of the molecule is COC(=O)c1sccc1NC(=O)CN1CCC(N)CC1. The maximum atomic E-state index is 12.0. The van der Waals surface area contributed by atoms with E-state index in [4.69, 9.17) is 5.73 Å². The molecule has 1 saturated heterocycles. The van der Waals surface area contributed by atoms with Crippen LogP contribution in [0.15, 0.2) is 11.4 Å². The summed E-state index contributed by atoms with van der Waals surface area (Å²) in [5, 5.41) is 4.51. The number of nitrogens with two attached hydrogens (primary N) is 1. The number of ether oxygens (including phenoxy) is 1. The Kier molecular flexibility index (Phi) is 5.11. The minimum atomic E-state index is -0.431. The highest BCUT2D eigenvalue weighted by atomic mass is 32.1. The first kappa shape index (κ1) is 15.0. The van der Waals surface area contributed by atoms with Crippen LogP contribution in [0.2, 0.25) is 0 Å². The van der Waals surface area contributed by atoms with Gasteiger partial charge in [0.25, 0.3) is 0 Å². The number of anilines is 1. The van der Waals surface area contributed by atoms with Crippen molar-refractivity contribution < 1.29 is 14.3 Å². The molecule has 1 aromatic rings. The molecule has 20 heavy (non-hydrogen) atoms. The van der Waals surface area contributed by atoms with E-state index in [-0.39, 0.29) is 11.9 Å². The minimum Gasteiger partial charge on any atom is -0.465 e. The average molecular weight is 297 g/mol. The second-order valence-corrected chi connectivity index (χ2v) is 5.73. The molecule has 3 N–H and O–H groups in total. The number of amides is 1. The Balaban J connectivity index is 1.88. The molecule has 0 unspecified atom stereocenters. The quantitative estimate of drug-likeness (QED) is 0.807. The summed E-state index contributed by atoms with van der Waals surface area (Å²) in [6.45, 7) is 1.99. The Morgan fingerprint density at radius 2 is 2.20 bits per heavy atom. The number of nitrogens with one attached hydrogen (secondary N) is 1. The number of methoxy groups -OCH3 is 1. The molecule has 0 bridgehead atoms. The Hall–Kier alpha value is -1.44. The normalized spacial score (nSPS) is 16.9. The van der Waals surface area contributed by atoms with Crippen LogP contribution < -0.4 is 11.1 Å². The summed E-state index contributed by atoms with van der Waals surface area (Å²) in [7, 11) is 1.32. The van der Waals surface area contributed by atoms with Crippen LogP contribution >= 0.6 is 11.3 Å². The highest BCUT2D eigenvalue weighted by Gasteiger charge is 2.20. The summed E-state index contributed by atoms with van der Waals surface area (Å²) >= 11 is 1.25. The highest BCUT2D eigenvalue weighted by Crippen LogP contribution is 2.23. The van der Waals surface area contributed by atoms with Crippen molar-refractivity contribution in [2.75, 3.05) is 32.1 Å². The fraction of sp³-hybridized carbons (Fsp3) is 0.538.